The maximum Gasteiger partial charge on any atom is 0.410 e. The third-order valence-corrected chi connectivity index (χ3v) is 2.74. The zero-order valence-electron chi connectivity index (χ0n) is 11.3. The van der Waals surface area contributed by atoms with Crippen LogP contribution in [-0.4, -0.2) is 41.0 Å². The largest absolute Gasteiger partial charge is 0.444 e. The summed E-state index contributed by atoms with van der Waals surface area (Å²) in [5, 5.41) is 0. The Balaban J connectivity index is 2.19. The number of fused-ring (bicyclic) bond motifs is 1. The molecular weight excluding hydrogens is 245 g/mol. The van der Waals surface area contributed by atoms with Gasteiger partial charge in [0, 0.05) is 13.0 Å². The SMILES string of the molecule is [B]c1nc2c(c(=O)[nH]1)CN(C(=O)OC(C)(C)C)CC2. The van der Waals surface area contributed by atoms with Crippen molar-refractivity contribution in [2.24, 2.45) is 0 Å². The Kier molecular flexibility index (Phi) is 3.39. The van der Waals surface area contributed by atoms with Crippen LogP contribution in [0.4, 0.5) is 4.79 Å². The number of hydrogen-bond donors (Lipinski definition) is 1. The van der Waals surface area contributed by atoms with E-state index in [0.717, 1.165) is 0 Å². The second-order valence-electron chi connectivity index (χ2n) is 5.53. The predicted octanol–water partition coefficient (Wildman–Crippen LogP) is -0.143. The van der Waals surface area contributed by atoms with Crippen LogP contribution in [0, 0.1) is 0 Å². The third kappa shape index (κ3) is 3.16. The molecule has 0 aliphatic carbocycles. The average molecular weight is 261 g/mol. The standard InChI is InChI=1S/C12H16BN3O3/c1-12(2,3)19-11(18)16-5-4-8-7(6-16)9(17)15-10(13)14-8/h4-6H2,1-3H3,(H,14,15,17). The molecule has 0 unspecified atom stereocenters. The summed E-state index contributed by atoms with van der Waals surface area (Å²) in [5.74, 6) is 0. The van der Waals surface area contributed by atoms with E-state index in [9.17, 15) is 9.59 Å². The molecule has 1 aliphatic heterocycles. The first-order valence-electron chi connectivity index (χ1n) is 6.12. The lowest BCUT2D eigenvalue weighted by Crippen LogP contribution is -2.43. The summed E-state index contributed by atoms with van der Waals surface area (Å²) in [6.07, 6.45) is 0.0808. The molecule has 0 saturated heterocycles. The number of carbonyl (C=O) groups is 1. The van der Waals surface area contributed by atoms with Gasteiger partial charge in [0.1, 0.15) is 5.60 Å². The Bertz CT molecular complexity index is 562. The zero-order chi connectivity index (χ0) is 14.2. The van der Waals surface area contributed by atoms with Crippen molar-refractivity contribution in [3.63, 3.8) is 0 Å². The van der Waals surface area contributed by atoms with Crippen LogP contribution >= 0.6 is 0 Å². The number of nitrogens with zero attached hydrogens (tertiary/aromatic N) is 2. The fraction of sp³-hybridized carbons (Fsp3) is 0.583. The van der Waals surface area contributed by atoms with E-state index in [1.807, 2.05) is 0 Å². The second-order valence-corrected chi connectivity index (χ2v) is 5.53. The van der Waals surface area contributed by atoms with E-state index < -0.39 is 11.7 Å². The van der Waals surface area contributed by atoms with Gasteiger partial charge in [0.15, 0.2) is 7.85 Å². The van der Waals surface area contributed by atoms with E-state index in [1.165, 1.54) is 4.90 Å². The van der Waals surface area contributed by atoms with E-state index in [2.05, 4.69) is 9.97 Å². The summed E-state index contributed by atoms with van der Waals surface area (Å²) in [5.41, 5.74) is 0.390. The van der Waals surface area contributed by atoms with Crippen molar-refractivity contribution in [1.82, 2.24) is 14.9 Å². The molecule has 1 aromatic heterocycles. The summed E-state index contributed by atoms with van der Waals surface area (Å²) in [6, 6.07) is 0. The second kappa shape index (κ2) is 4.72. The molecule has 0 atom stereocenters. The highest BCUT2D eigenvalue weighted by atomic mass is 16.6. The van der Waals surface area contributed by atoms with Crippen molar-refractivity contribution in [2.45, 2.75) is 39.3 Å². The maximum atomic E-state index is 11.9. The first-order valence-corrected chi connectivity index (χ1v) is 6.12. The van der Waals surface area contributed by atoms with Gasteiger partial charge in [-0.1, -0.05) is 0 Å². The number of H-pyrrole nitrogens is 1. The van der Waals surface area contributed by atoms with Crippen LogP contribution in [0.2, 0.25) is 0 Å². The number of aromatic amines is 1. The van der Waals surface area contributed by atoms with Gasteiger partial charge in [-0.25, -0.2) is 4.79 Å². The van der Waals surface area contributed by atoms with Gasteiger partial charge in [0.2, 0.25) is 0 Å². The highest BCUT2D eigenvalue weighted by Gasteiger charge is 2.27. The molecule has 100 valence electrons. The lowest BCUT2D eigenvalue weighted by molar-refractivity contribution is 0.0222. The number of aromatic nitrogens is 2. The molecule has 1 aromatic rings. The Morgan fingerprint density at radius 1 is 1.47 bits per heavy atom. The molecule has 6 nitrogen and oxygen atoms in total. The predicted molar refractivity (Wildman–Crippen MR) is 70.6 cm³/mol. The molecule has 1 amide bonds. The first kappa shape index (κ1) is 13.6. The van der Waals surface area contributed by atoms with Crippen LogP contribution in [0.1, 0.15) is 32.0 Å². The first-order chi connectivity index (χ1) is 8.76. The van der Waals surface area contributed by atoms with Crippen LogP contribution in [0.3, 0.4) is 0 Å². The lowest BCUT2D eigenvalue weighted by Gasteiger charge is -2.30. The number of ether oxygens (including phenoxy) is 1. The number of nitrogens with one attached hydrogen (secondary N) is 1. The van der Waals surface area contributed by atoms with Gasteiger partial charge in [-0.15, -0.1) is 0 Å². The summed E-state index contributed by atoms with van der Waals surface area (Å²) < 4.78 is 5.29. The van der Waals surface area contributed by atoms with Gasteiger partial charge in [-0.05, 0) is 20.8 Å². The normalized spacial score (nSPS) is 15.0. The van der Waals surface area contributed by atoms with E-state index >= 15 is 0 Å². The Labute approximate surface area is 112 Å². The van der Waals surface area contributed by atoms with Crippen molar-refractivity contribution >= 4 is 19.7 Å². The molecule has 0 spiro atoms. The van der Waals surface area contributed by atoms with E-state index in [1.54, 1.807) is 20.8 Å². The highest BCUT2D eigenvalue weighted by molar-refractivity contribution is 6.28. The molecule has 19 heavy (non-hydrogen) atoms. The van der Waals surface area contributed by atoms with Crippen LogP contribution in [-0.2, 0) is 17.7 Å². The van der Waals surface area contributed by atoms with Crippen LogP contribution in [0.5, 0.6) is 0 Å². The van der Waals surface area contributed by atoms with Crippen LogP contribution in [0.15, 0.2) is 4.79 Å². The molecule has 0 fully saturated rings. The molecule has 0 saturated carbocycles. The summed E-state index contributed by atoms with van der Waals surface area (Å²) in [6.45, 7) is 6.08. The van der Waals surface area contributed by atoms with E-state index in [4.69, 9.17) is 12.6 Å². The zero-order valence-corrected chi connectivity index (χ0v) is 11.3. The number of rotatable bonds is 0. The van der Waals surface area contributed by atoms with Gasteiger partial charge in [-0.2, -0.15) is 0 Å². The molecular formula is C12H16BN3O3. The van der Waals surface area contributed by atoms with E-state index in [-0.39, 0.29) is 17.8 Å². The Morgan fingerprint density at radius 3 is 2.79 bits per heavy atom. The molecule has 0 aromatic carbocycles. The summed E-state index contributed by atoms with van der Waals surface area (Å²) >= 11 is 0. The van der Waals surface area contributed by atoms with Gasteiger partial charge in [0.25, 0.3) is 5.56 Å². The minimum absolute atomic E-state index is 0.106. The molecule has 0 bridgehead atoms. The molecule has 7 heteroatoms. The Hall–Kier alpha value is -1.79. The van der Waals surface area contributed by atoms with Crippen LogP contribution < -0.4 is 11.3 Å². The third-order valence-electron chi connectivity index (χ3n) is 2.74. The van der Waals surface area contributed by atoms with Crippen molar-refractivity contribution in [1.29, 1.82) is 0 Å². The van der Waals surface area contributed by atoms with E-state index in [0.29, 0.717) is 24.2 Å². The van der Waals surface area contributed by atoms with Crippen molar-refractivity contribution in [3.8, 4) is 0 Å². The average Bonchev–Trinajstić information content (AvgIpc) is 2.25. The fourth-order valence-corrected chi connectivity index (χ4v) is 1.93. The van der Waals surface area contributed by atoms with Gasteiger partial charge < -0.3 is 14.6 Å². The summed E-state index contributed by atoms with van der Waals surface area (Å²) in [4.78, 5) is 31.8. The smallest absolute Gasteiger partial charge is 0.410 e. The van der Waals surface area contributed by atoms with Crippen molar-refractivity contribution in [3.05, 3.63) is 21.6 Å². The monoisotopic (exact) mass is 261 g/mol. The number of carbonyl (C=O) groups excluding carboxylic acids is 1. The maximum absolute atomic E-state index is 11.9. The lowest BCUT2D eigenvalue weighted by atomic mass is 10.0. The highest BCUT2D eigenvalue weighted by Crippen LogP contribution is 2.16. The van der Waals surface area contributed by atoms with Crippen molar-refractivity contribution < 1.29 is 9.53 Å². The van der Waals surface area contributed by atoms with Gasteiger partial charge in [-0.3, -0.25) is 9.78 Å². The Morgan fingerprint density at radius 2 is 2.16 bits per heavy atom. The molecule has 2 heterocycles. The molecule has 2 rings (SSSR count). The molecule has 1 aliphatic rings. The minimum Gasteiger partial charge on any atom is -0.444 e. The minimum atomic E-state index is -0.552. The van der Waals surface area contributed by atoms with Crippen LogP contribution in [0.25, 0.3) is 0 Å². The van der Waals surface area contributed by atoms with Gasteiger partial charge in [0.05, 0.1) is 23.5 Å². The molecule has 2 radical (unpaired) electrons. The van der Waals surface area contributed by atoms with Crippen molar-refractivity contribution in [2.75, 3.05) is 6.54 Å². The molecule has 1 N–H and O–H groups in total. The number of hydrogen-bond acceptors (Lipinski definition) is 4. The number of amides is 1. The quantitative estimate of drug-likeness (QED) is 0.659. The topological polar surface area (TPSA) is 75.3 Å². The fourth-order valence-electron chi connectivity index (χ4n) is 1.93. The van der Waals surface area contributed by atoms with Gasteiger partial charge >= 0.3 is 6.09 Å². The summed E-state index contributed by atoms with van der Waals surface area (Å²) in [7, 11) is 5.49.